The summed E-state index contributed by atoms with van der Waals surface area (Å²) in [5, 5.41) is 15.0. The largest absolute Gasteiger partial charge is 0.476 e. The molecule has 0 saturated carbocycles. The molecule has 150 valence electrons. The first-order valence-corrected chi connectivity index (χ1v) is 10.2. The van der Waals surface area contributed by atoms with Crippen molar-refractivity contribution in [1.29, 1.82) is 0 Å². The Morgan fingerprint density at radius 3 is 2.76 bits per heavy atom. The molecule has 4 nitrogen and oxygen atoms in total. The first-order chi connectivity index (χ1) is 13.9. The van der Waals surface area contributed by atoms with Crippen molar-refractivity contribution in [3.63, 3.8) is 0 Å². The Hall–Kier alpha value is -2.37. The normalized spacial score (nSPS) is 16.3. The van der Waals surface area contributed by atoms with Gasteiger partial charge < -0.3 is 5.11 Å². The van der Waals surface area contributed by atoms with Crippen molar-refractivity contribution < 1.29 is 14.3 Å². The zero-order chi connectivity index (χ0) is 20.5. The summed E-state index contributed by atoms with van der Waals surface area (Å²) in [6.07, 6.45) is 3.94. The smallest absolute Gasteiger partial charge is 0.356 e. The minimum Gasteiger partial charge on any atom is -0.476 e. The highest BCUT2D eigenvalue weighted by atomic mass is 35.5. The molecule has 2 aromatic carbocycles. The lowest BCUT2D eigenvalue weighted by molar-refractivity contribution is 0.0688. The van der Waals surface area contributed by atoms with Gasteiger partial charge in [-0.3, -0.25) is 0 Å². The first kappa shape index (κ1) is 19.9. The van der Waals surface area contributed by atoms with Gasteiger partial charge in [0, 0.05) is 16.5 Å². The van der Waals surface area contributed by atoms with Gasteiger partial charge >= 0.3 is 5.97 Å². The van der Waals surface area contributed by atoms with E-state index in [1.807, 2.05) is 6.07 Å². The third-order valence-electron chi connectivity index (χ3n) is 5.35. The predicted molar refractivity (Wildman–Crippen MR) is 111 cm³/mol. The first-order valence-electron chi connectivity index (χ1n) is 9.49. The standard InChI is InChI=1S/C22H19Cl2FN2O2/c23-15-8-9-19(18(24)12-15)27-21-14(10-13-4-3-6-16(25)11-13)5-1-2-7-17(21)20(26-27)22(28)29/h3-4,6,8-9,11-12,14H,1-2,5,7,10H2,(H,28,29). The van der Waals surface area contributed by atoms with E-state index in [1.54, 1.807) is 28.9 Å². The molecule has 29 heavy (non-hydrogen) atoms. The monoisotopic (exact) mass is 432 g/mol. The number of fused-ring (bicyclic) bond motifs is 1. The molecule has 3 aromatic rings. The molecule has 1 aromatic heterocycles. The molecular formula is C22H19Cl2FN2O2. The summed E-state index contributed by atoms with van der Waals surface area (Å²) in [5.41, 5.74) is 3.09. The maximum atomic E-state index is 13.7. The summed E-state index contributed by atoms with van der Waals surface area (Å²) in [6, 6.07) is 11.6. The van der Waals surface area contributed by atoms with Crippen LogP contribution in [0.25, 0.3) is 5.69 Å². The average molecular weight is 433 g/mol. The Bertz CT molecular complexity index is 1080. The summed E-state index contributed by atoms with van der Waals surface area (Å²) in [6.45, 7) is 0. The van der Waals surface area contributed by atoms with Crippen molar-refractivity contribution in [1.82, 2.24) is 9.78 Å². The molecule has 1 heterocycles. The number of aromatic nitrogens is 2. The Labute approximate surface area is 177 Å². The number of hydrogen-bond donors (Lipinski definition) is 1. The molecular weight excluding hydrogens is 414 g/mol. The van der Waals surface area contributed by atoms with Crippen LogP contribution in [0.5, 0.6) is 0 Å². The predicted octanol–water partition coefficient (Wildman–Crippen LogP) is 6.07. The van der Waals surface area contributed by atoms with Crippen molar-refractivity contribution in [2.45, 2.75) is 38.0 Å². The van der Waals surface area contributed by atoms with Crippen molar-refractivity contribution >= 4 is 29.2 Å². The van der Waals surface area contributed by atoms with E-state index in [-0.39, 0.29) is 17.4 Å². The molecule has 0 fully saturated rings. The molecule has 1 unspecified atom stereocenters. The van der Waals surface area contributed by atoms with E-state index in [9.17, 15) is 14.3 Å². The maximum absolute atomic E-state index is 13.7. The lowest BCUT2D eigenvalue weighted by Gasteiger charge is -2.19. The fourth-order valence-electron chi connectivity index (χ4n) is 4.11. The fourth-order valence-corrected chi connectivity index (χ4v) is 4.60. The van der Waals surface area contributed by atoms with Crippen LogP contribution in [0.15, 0.2) is 42.5 Å². The van der Waals surface area contributed by atoms with Crippen molar-refractivity contribution in [3.8, 4) is 5.69 Å². The fraction of sp³-hybridized carbons (Fsp3) is 0.273. The number of rotatable bonds is 4. The van der Waals surface area contributed by atoms with Crippen LogP contribution in [0, 0.1) is 5.82 Å². The van der Waals surface area contributed by atoms with Crippen LogP contribution in [0.2, 0.25) is 10.0 Å². The van der Waals surface area contributed by atoms with Gasteiger partial charge in [0.2, 0.25) is 0 Å². The molecule has 0 spiro atoms. The molecule has 0 aliphatic heterocycles. The van der Waals surface area contributed by atoms with Crippen LogP contribution in [-0.4, -0.2) is 20.9 Å². The number of carboxylic acids is 1. The van der Waals surface area contributed by atoms with E-state index < -0.39 is 5.97 Å². The lowest BCUT2D eigenvalue weighted by Crippen LogP contribution is -2.11. The second-order valence-electron chi connectivity index (χ2n) is 7.30. The molecule has 4 rings (SSSR count). The number of benzene rings is 2. The van der Waals surface area contributed by atoms with Crippen LogP contribution >= 0.6 is 23.2 Å². The highest BCUT2D eigenvalue weighted by Crippen LogP contribution is 2.38. The van der Waals surface area contributed by atoms with Gasteiger partial charge in [0.1, 0.15) is 5.82 Å². The zero-order valence-electron chi connectivity index (χ0n) is 15.5. The minimum absolute atomic E-state index is 0.00152. The number of carboxylic acid groups (broad SMARTS) is 1. The lowest BCUT2D eigenvalue weighted by atomic mass is 9.91. The molecule has 1 atom stereocenters. The molecule has 1 N–H and O–H groups in total. The average Bonchev–Trinajstić information content (AvgIpc) is 2.92. The van der Waals surface area contributed by atoms with Gasteiger partial charge in [-0.15, -0.1) is 0 Å². The summed E-state index contributed by atoms with van der Waals surface area (Å²) in [7, 11) is 0. The van der Waals surface area contributed by atoms with Gasteiger partial charge in [-0.25, -0.2) is 13.9 Å². The summed E-state index contributed by atoms with van der Waals surface area (Å²) in [5.74, 6) is -1.34. The topological polar surface area (TPSA) is 55.1 Å². The summed E-state index contributed by atoms with van der Waals surface area (Å²) >= 11 is 12.5. The number of carbonyl (C=O) groups is 1. The van der Waals surface area contributed by atoms with Gasteiger partial charge in [-0.2, -0.15) is 5.10 Å². The molecule has 1 aliphatic carbocycles. The van der Waals surface area contributed by atoms with E-state index in [1.165, 1.54) is 12.1 Å². The van der Waals surface area contributed by atoms with Gasteiger partial charge in [0.15, 0.2) is 5.69 Å². The van der Waals surface area contributed by atoms with Gasteiger partial charge in [-0.05, 0) is 61.6 Å². The van der Waals surface area contributed by atoms with E-state index in [0.29, 0.717) is 28.6 Å². The number of hydrogen-bond acceptors (Lipinski definition) is 2. The third kappa shape index (κ3) is 4.02. The van der Waals surface area contributed by atoms with Crippen LogP contribution in [0.4, 0.5) is 4.39 Å². The van der Waals surface area contributed by atoms with Crippen LogP contribution in [0.3, 0.4) is 0 Å². The van der Waals surface area contributed by atoms with Gasteiger partial charge in [-0.1, -0.05) is 41.8 Å². The molecule has 7 heteroatoms. The zero-order valence-corrected chi connectivity index (χ0v) is 17.0. The highest BCUT2D eigenvalue weighted by Gasteiger charge is 2.31. The Morgan fingerprint density at radius 2 is 2.03 bits per heavy atom. The van der Waals surface area contributed by atoms with Crippen molar-refractivity contribution in [2.75, 3.05) is 0 Å². The Kier molecular flexibility index (Phi) is 5.61. The second kappa shape index (κ2) is 8.17. The maximum Gasteiger partial charge on any atom is 0.356 e. The third-order valence-corrected chi connectivity index (χ3v) is 5.89. The Morgan fingerprint density at radius 1 is 1.21 bits per heavy atom. The van der Waals surface area contributed by atoms with E-state index in [4.69, 9.17) is 23.2 Å². The van der Waals surface area contributed by atoms with Crippen LogP contribution < -0.4 is 0 Å². The highest BCUT2D eigenvalue weighted by molar-refractivity contribution is 6.35. The SMILES string of the molecule is O=C(O)c1nn(-c2ccc(Cl)cc2Cl)c2c1CCCCC2Cc1cccc(F)c1. The van der Waals surface area contributed by atoms with E-state index >= 15 is 0 Å². The van der Waals surface area contributed by atoms with Crippen LogP contribution in [0.1, 0.15) is 52.5 Å². The van der Waals surface area contributed by atoms with Crippen LogP contribution in [-0.2, 0) is 12.8 Å². The second-order valence-corrected chi connectivity index (χ2v) is 8.15. The van der Waals surface area contributed by atoms with Gasteiger partial charge in [0.05, 0.1) is 16.4 Å². The molecule has 1 aliphatic rings. The number of aromatic carboxylic acids is 1. The summed E-state index contributed by atoms with van der Waals surface area (Å²) in [4.78, 5) is 11.9. The Balaban J connectivity index is 1.88. The minimum atomic E-state index is -1.06. The quantitative estimate of drug-likeness (QED) is 0.508. The molecule has 0 bridgehead atoms. The van der Waals surface area contributed by atoms with Crippen molar-refractivity contribution in [3.05, 3.63) is 80.8 Å². The molecule has 0 amide bonds. The van der Waals surface area contributed by atoms with Crippen molar-refractivity contribution in [2.24, 2.45) is 0 Å². The molecule has 0 saturated heterocycles. The molecule has 0 radical (unpaired) electrons. The van der Waals surface area contributed by atoms with E-state index in [0.717, 1.165) is 36.1 Å². The summed E-state index contributed by atoms with van der Waals surface area (Å²) < 4.78 is 15.4. The number of nitrogens with zero attached hydrogens (tertiary/aromatic N) is 2. The van der Waals surface area contributed by atoms with E-state index in [2.05, 4.69) is 5.10 Å². The number of halogens is 3. The van der Waals surface area contributed by atoms with Gasteiger partial charge in [0.25, 0.3) is 0 Å².